The van der Waals surface area contributed by atoms with Crippen LogP contribution in [-0.2, 0) is 51.0 Å². The van der Waals surface area contributed by atoms with Crippen LogP contribution in [0.1, 0.15) is 120 Å². The van der Waals surface area contributed by atoms with Crippen LogP contribution in [0.3, 0.4) is 0 Å². The zero-order chi connectivity index (χ0) is 56.6. The first-order valence-electron chi connectivity index (χ1n) is 30.3. The van der Waals surface area contributed by atoms with Crippen molar-refractivity contribution in [3.63, 3.8) is 0 Å². The summed E-state index contributed by atoms with van der Waals surface area (Å²) < 4.78 is 34.0. The van der Waals surface area contributed by atoms with Gasteiger partial charge in [0.25, 0.3) is 5.91 Å². The van der Waals surface area contributed by atoms with E-state index < -0.39 is 23.5 Å². The van der Waals surface area contributed by atoms with Gasteiger partial charge < -0.3 is 38.5 Å². The number of thiazole rings is 1. The van der Waals surface area contributed by atoms with Crippen LogP contribution in [0.5, 0.6) is 0 Å². The maximum Gasteiger partial charge on any atom is 0.325 e. The molecule has 0 spiro atoms. The molecule has 8 atom stereocenters. The van der Waals surface area contributed by atoms with E-state index in [1.54, 1.807) is 18.3 Å². The minimum atomic E-state index is -1.05. The summed E-state index contributed by atoms with van der Waals surface area (Å²) in [6, 6.07) is 13.0. The summed E-state index contributed by atoms with van der Waals surface area (Å²) in [4.78, 5) is 68.1. The number of carbonyl (C=O) groups excluding carboxylic acids is 3. The molecule has 14 rings (SSSR count). The van der Waals surface area contributed by atoms with E-state index in [0.29, 0.717) is 70.3 Å². The van der Waals surface area contributed by atoms with Crippen LogP contribution in [0, 0.1) is 23.2 Å². The lowest BCUT2D eigenvalue weighted by Crippen LogP contribution is -2.72. The number of amides is 2. The minimum absolute atomic E-state index is 0.00128. The van der Waals surface area contributed by atoms with E-state index in [-0.39, 0.29) is 71.9 Å². The summed E-state index contributed by atoms with van der Waals surface area (Å²) in [5.41, 5.74) is 11.3. The summed E-state index contributed by atoms with van der Waals surface area (Å²) in [6.45, 7) is 20.5. The van der Waals surface area contributed by atoms with Gasteiger partial charge in [-0.25, -0.2) is 10.4 Å². The number of fused-ring (bicyclic) bond motifs is 4. The second-order valence-corrected chi connectivity index (χ2v) is 26.9. The predicted octanol–water partition coefficient (Wildman–Crippen LogP) is 7.72. The number of anilines is 1. The summed E-state index contributed by atoms with van der Waals surface area (Å²) in [5.74, 6) is -1.28. The second-order valence-electron chi connectivity index (χ2n) is 26.0. The van der Waals surface area contributed by atoms with Gasteiger partial charge in [-0.15, -0.1) is 11.3 Å². The molecule has 9 aliphatic rings. The number of ether oxygens (including phenoxy) is 5. The maximum absolute atomic E-state index is 15.7. The van der Waals surface area contributed by atoms with Gasteiger partial charge >= 0.3 is 5.97 Å². The van der Waals surface area contributed by atoms with Crippen molar-refractivity contribution in [2.75, 3.05) is 84.3 Å². The van der Waals surface area contributed by atoms with E-state index in [4.69, 9.17) is 33.7 Å². The average molecular weight is 1140 g/mol. The SMILES string of the molecule is CO[C@@H](C)c1ncc(N2CCN(C3CC3)CC2)cc1-c1c2c3cc(ccc3n1CCOC1CCOC(C)(C)C1)-c1csc(n1)[C@@H](N1CCOCC1)[C@H](NC(=O)[C@@H]1[C@@H](C)[C@H]1c1ccccn1)C(=O)N1N[C@H](C(=O)OCC(C)(C)C2)C2CC1C2. The van der Waals surface area contributed by atoms with Crippen LogP contribution in [0.2, 0.25) is 0 Å². The Balaban J connectivity index is 0.947. The summed E-state index contributed by atoms with van der Waals surface area (Å²) in [5, 5.41) is 8.88. The molecular weight excluding hydrogens is 1060 g/mol. The Morgan fingerprint density at radius 3 is 2.50 bits per heavy atom. The standard InChI is InChI=1S/C63H82N10O8S/c1-37-51(48-10-8-9-16-64-48)52(37)58(74)67-55-57(71-21-25-78-26-22-71)59-66-49(35-82-59)39-11-14-50-45(30-39)47(33-62(3,4)36-80-61(76)54-40-28-42(29-40)73(68-54)60(55)75)56(72(50)23-27-79-44-15-24-81-63(5,6)32-44)46-31-43(34-65-53(46)38(2)77-7)70-19-17-69(18-20-70)41-12-13-41/h8-11,14,16,30-31,34-35,37-38,40-42,44,51-52,54-55,57,68H,12-13,15,17-29,32-33,36H2,1-7H3,(H,67,74)/t37-,38-,40?,42?,44?,51-,52+,54-,55-,57-/m0/s1. The van der Waals surface area contributed by atoms with Gasteiger partial charge in [-0.2, -0.15) is 0 Å². The number of cyclic esters (lactones) is 1. The summed E-state index contributed by atoms with van der Waals surface area (Å²) in [7, 11) is 1.75. The fraction of sp³-hybridized carbons (Fsp3) is 0.619. The molecule has 10 heterocycles. The highest BCUT2D eigenvalue weighted by Gasteiger charge is 2.56. The molecule has 2 N–H and O–H groups in total. The number of nitrogens with zero attached hydrogens (tertiary/aromatic N) is 8. The van der Waals surface area contributed by atoms with E-state index in [1.165, 1.54) is 24.2 Å². The van der Waals surface area contributed by atoms with Crippen molar-refractivity contribution in [1.82, 2.24) is 45.1 Å². The molecule has 3 aliphatic carbocycles. The number of benzene rings is 1. The fourth-order valence-corrected chi connectivity index (χ4v) is 15.3. The Morgan fingerprint density at radius 2 is 1.76 bits per heavy atom. The van der Waals surface area contributed by atoms with Crippen molar-refractivity contribution in [3.8, 4) is 22.5 Å². The van der Waals surface area contributed by atoms with Crippen molar-refractivity contribution in [1.29, 1.82) is 0 Å². The lowest BCUT2D eigenvalue weighted by atomic mass is 9.73. The number of rotatable bonds is 13. The van der Waals surface area contributed by atoms with E-state index in [0.717, 1.165) is 101 Å². The number of morpholine rings is 1. The molecule has 4 aromatic heterocycles. The van der Waals surface area contributed by atoms with Crippen molar-refractivity contribution in [3.05, 3.63) is 82.2 Å². The third-order valence-corrected chi connectivity index (χ3v) is 20.2. The highest BCUT2D eigenvalue weighted by Crippen LogP contribution is 2.53. The fourth-order valence-electron chi connectivity index (χ4n) is 14.3. The van der Waals surface area contributed by atoms with Gasteiger partial charge in [-0.3, -0.25) is 39.2 Å². The highest BCUT2D eigenvalue weighted by atomic mass is 32.1. The van der Waals surface area contributed by atoms with Crippen molar-refractivity contribution < 1.29 is 38.1 Å². The van der Waals surface area contributed by atoms with Crippen molar-refractivity contribution >= 4 is 45.7 Å². The quantitative estimate of drug-likeness (QED) is 0.110. The predicted molar refractivity (Wildman–Crippen MR) is 313 cm³/mol. The molecule has 438 valence electrons. The van der Waals surface area contributed by atoms with Gasteiger partial charge in [-0.05, 0) is 107 Å². The first kappa shape index (κ1) is 55.8. The molecule has 0 radical (unpaired) electrons. The number of piperazine rings is 1. The molecule has 18 nitrogen and oxygen atoms in total. The Bertz CT molecular complexity index is 3160. The molecule has 5 aromatic rings. The monoisotopic (exact) mass is 1140 g/mol. The van der Waals surface area contributed by atoms with E-state index >= 15 is 4.79 Å². The Labute approximate surface area is 485 Å². The molecule has 82 heavy (non-hydrogen) atoms. The number of hydrazine groups is 1. The molecular formula is C63H82N10O8S. The number of pyridine rings is 2. The van der Waals surface area contributed by atoms with Gasteiger partial charge in [0, 0.05) is 135 Å². The lowest BCUT2D eigenvalue weighted by Gasteiger charge is -2.53. The van der Waals surface area contributed by atoms with Crippen LogP contribution in [-0.4, -0.2) is 167 Å². The Morgan fingerprint density at radius 1 is 0.951 bits per heavy atom. The van der Waals surface area contributed by atoms with E-state index in [2.05, 4.69) is 106 Å². The molecule has 1 aromatic carbocycles. The van der Waals surface area contributed by atoms with Crippen LogP contribution in [0.25, 0.3) is 33.4 Å². The molecule has 19 heteroatoms. The second kappa shape index (κ2) is 22.6. The number of hydrogen-bond acceptors (Lipinski definition) is 16. The number of carbonyl (C=O) groups is 3. The number of nitrogens with one attached hydrogen (secondary N) is 2. The van der Waals surface area contributed by atoms with Crippen molar-refractivity contribution in [2.45, 2.75) is 147 Å². The van der Waals surface area contributed by atoms with Gasteiger partial charge in [-0.1, -0.05) is 32.9 Å². The highest BCUT2D eigenvalue weighted by molar-refractivity contribution is 7.10. The summed E-state index contributed by atoms with van der Waals surface area (Å²) in [6.07, 6.45) is 9.63. The van der Waals surface area contributed by atoms with Gasteiger partial charge in [0.05, 0.1) is 79.2 Å². The average Bonchev–Trinajstić information content (AvgIpc) is 3.34. The number of aromatic nitrogens is 4. The topological polar surface area (TPSA) is 178 Å². The lowest BCUT2D eigenvalue weighted by molar-refractivity contribution is -0.172. The zero-order valence-electron chi connectivity index (χ0n) is 48.8. The molecule has 8 bridgehead atoms. The number of methoxy groups -OCH3 is 1. The molecule has 1 unspecified atom stereocenters. The van der Waals surface area contributed by atoms with Crippen LogP contribution >= 0.6 is 11.3 Å². The largest absolute Gasteiger partial charge is 0.464 e. The van der Waals surface area contributed by atoms with Crippen LogP contribution in [0.4, 0.5) is 5.69 Å². The Hall–Kier alpha value is -5.38. The first-order valence-corrected chi connectivity index (χ1v) is 31.2. The summed E-state index contributed by atoms with van der Waals surface area (Å²) >= 11 is 1.51. The molecule has 2 amide bonds. The molecule has 5 saturated heterocycles. The van der Waals surface area contributed by atoms with Crippen LogP contribution in [0.15, 0.2) is 60.2 Å². The van der Waals surface area contributed by atoms with E-state index in [9.17, 15) is 9.59 Å². The Kier molecular flexibility index (Phi) is 15.3. The normalized spacial score (nSPS) is 29.9. The van der Waals surface area contributed by atoms with Gasteiger partial charge in [0.15, 0.2) is 0 Å². The zero-order valence-corrected chi connectivity index (χ0v) is 49.6. The van der Waals surface area contributed by atoms with Gasteiger partial charge in [0.2, 0.25) is 5.91 Å². The minimum Gasteiger partial charge on any atom is -0.464 e. The van der Waals surface area contributed by atoms with Crippen LogP contribution < -0.4 is 15.6 Å². The number of esters is 1. The van der Waals surface area contributed by atoms with E-state index in [1.807, 2.05) is 24.4 Å². The third kappa shape index (κ3) is 11.0. The van der Waals surface area contributed by atoms with Crippen molar-refractivity contribution in [2.24, 2.45) is 23.2 Å². The first-order chi connectivity index (χ1) is 39.6. The van der Waals surface area contributed by atoms with Gasteiger partial charge in [0.1, 0.15) is 17.1 Å². The smallest absolute Gasteiger partial charge is 0.325 e. The molecule has 3 saturated carbocycles. The third-order valence-electron chi connectivity index (χ3n) is 19.2. The molecule has 8 fully saturated rings. The maximum atomic E-state index is 15.7. The molecule has 6 aliphatic heterocycles. The number of hydrogen-bond donors (Lipinski definition) is 2.